The molecule has 0 aliphatic carbocycles. The van der Waals surface area contributed by atoms with Crippen molar-refractivity contribution < 1.29 is 0 Å². The summed E-state index contributed by atoms with van der Waals surface area (Å²) in [4.78, 5) is 0. The molecule has 2 heteroatoms. The minimum atomic E-state index is 0.409. The van der Waals surface area contributed by atoms with Crippen molar-refractivity contribution >= 4 is 23.2 Å². The van der Waals surface area contributed by atoms with Gasteiger partial charge in [-0.05, 0) is 24.0 Å². The Morgan fingerprint density at radius 2 is 1.88 bits per heavy atom. The summed E-state index contributed by atoms with van der Waals surface area (Å²) in [5.41, 5.74) is 1.20. The van der Waals surface area contributed by atoms with Crippen molar-refractivity contribution in [2.45, 2.75) is 44.9 Å². The van der Waals surface area contributed by atoms with Crippen LogP contribution in [-0.2, 0) is 0 Å². The molecule has 0 aliphatic rings. The molecule has 0 heterocycles. The van der Waals surface area contributed by atoms with E-state index in [2.05, 4.69) is 13.0 Å². The molecule has 1 aromatic rings. The Balaban J connectivity index is 2.51. The van der Waals surface area contributed by atoms with Crippen molar-refractivity contribution in [3.63, 3.8) is 0 Å². The second-order valence-electron chi connectivity index (χ2n) is 4.22. The molecule has 0 spiro atoms. The van der Waals surface area contributed by atoms with E-state index >= 15 is 0 Å². The summed E-state index contributed by atoms with van der Waals surface area (Å²) < 4.78 is 0. The number of rotatable bonds is 7. The van der Waals surface area contributed by atoms with Gasteiger partial charge in [0.1, 0.15) is 0 Å². The molecular formula is C14H20Cl2. The lowest BCUT2D eigenvalue weighted by Crippen LogP contribution is -2.01. The standard InChI is InChI=1S/C14H20Cl2/c1-2-3-4-5-8-12(11-15)13-9-6-7-10-14(13)16/h6-7,9-10,12H,2-5,8,11H2,1H3. The van der Waals surface area contributed by atoms with Gasteiger partial charge >= 0.3 is 0 Å². The molecule has 1 atom stereocenters. The van der Waals surface area contributed by atoms with Crippen LogP contribution in [0, 0.1) is 0 Å². The largest absolute Gasteiger partial charge is 0.126 e. The maximum absolute atomic E-state index is 6.18. The fourth-order valence-electron chi connectivity index (χ4n) is 1.94. The number of benzene rings is 1. The summed E-state index contributed by atoms with van der Waals surface area (Å²) >= 11 is 12.2. The molecule has 0 saturated carbocycles. The Labute approximate surface area is 109 Å². The molecule has 1 aromatic carbocycles. The Hall–Kier alpha value is -0.200. The Bertz CT molecular complexity index is 297. The minimum Gasteiger partial charge on any atom is -0.126 e. The van der Waals surface area contributed by atoms with Gasteiger partial charge in [-0.15, -0.1) is 11.6 Å². The van der Waals surface area contributed by atoms with Gasteiger partial charge in [-0.25, -0.2) is 0 Å². The lowest BCUT2D eigenvalue weighted by molar-refractivity contribution is 0.583. The molecule has 0 nitrogen and oxygen atoms in total. The van der Waals surface area contributed by atoms with Crippen LogP contribution >= 0.6 is 23.2 Å². The molecule has 0 fully saturated rings. The van der Waals surface area contributed by atoms with Crippen molar-refractivity contribution in [1.82, 2.24) is 0 Å². The number of hydrogen-bond donors (Lipinski definition) is 0. The molecule has 0 radical (unpaired) electrons. The number of unbranched alkanes of at least 4 members (excludes halogenated alkanes) is 3. The van der Waals surface area contributed by atoms with Crippen molar-refractivity contribution in [1.29, 1.82) is 0 Å². The third-order valence-electron chi connectivity index (χ3n) is 2.94. The Morgan fingerprint density at radius 3 is 2.50 bits per heavy atom. The minimum absolute atomic E-state index is 0.409. The number of halogens is 2. The first kappa shape index (κ1) is 13.9. The summed E-state index contributed by atoms with van der Waals surface area (Å²) in [6.07, 6.45) is 6.28. The highest BCUT2D eigenvalue weighted by Gasteiger charge is 2.12. The van der Waals surface area contributed by atoms with E-state index in [1.807, 2.05) is 18.2 Å². The first-order chi connectivity index (χ1) is 7.79. The highest BCUT2D eigenvalue weighted by atomic mass is 35.5. The van der Waals surface area contributed by atoms with Crippen LogP contribution in [0.1, 0.15) is 50.5 Å². The van der Waals surface area contributed by atoms with Gasteiger partial charge in [0.2, 0.25) is 0 Å². The highest BCUT2D eigenvalue weighted by Crippen LogP contribution is 2.29. The van der Waals surface area contributed by atoms with E-state index in [9.17, 15) is 0 Å². The molecule has 0 saturated heterocycles. The monoisotopic (exact) mass is 258 g/mol. The van der Waals surface area contributed by atoms with Gasteiger partial charge in [-0.3, -0.25) is 0 Å². The van der Waals surface area contributed by atoms with Crippen molar-refractivity contribution in [2.75, 3.05) is 5.88 Å². The zero-order valence-electron chi connectivity index (χ0n) is 9.89. The Morgan fingerprint density at radius 1 is 1.12 bits per heavy atom. The molecule has 0 aliphatic heterocycles. The summed E-state index contributed by atoms with van der Waals surface area (Å²) in [6, 6.07) is 8.04. The molecule has 0 aromatic heterocycles. The summed E-state index contributed by atoms with van der Waals surface area (Å²) in [5.74, 6) is 1.07. The van der Waals surface area contributed by atoms with Gasteiger partial charge in [-0.1, -0.05) is 62.4 Å². The normalized spacial score (nSPS) is 12.7. The third-order valence-corrected chi connectivity index (χ3v) is 3.65. The average Bonchev–Trinajstić information content (AvgIpc) is 2.31. The summed E-state index contributed by atoms with van der Waals surface area (Å²) in [6.45, 7) is 2.23. The van der Waals surface area contributed by atoms with E-state index in [0.717, 1.165) is 11.4 Å². The van der Waals surface area contributed by atoms with E-state index in [-0.39, 0.29) is 0 Å². The number of alkyl halides is 1. The van der Waals surface area contributed by atoms with Gasteiger partial charge in [0.25, 0.3) is 0 Å². The van der Waals surface area contributed by atoms with Crippen molar-refractivity contribution in [3.05, 3.63) is 34.9 Å². The van der Waals surface area contributed by atoms with E-state index in [4.69, 9.17) is 23.2 Å². The fourth-order valence-corrected chi connectivity index (χ4v) is 2.55. The maximum atomic E-state index is 6.18. The second kappa shape index (κ2) is 7.97. The molecular weight excluding hydrogens is 239 g/mol. The van der Waals surface area contributed by atoms with Crippen LogP contribution in [0.4, 0.5) is 0 Å². The quantitative estimate of drug-likeness (QED) is 0.439. The molecule has 0 N–H and O–H groups in total. The van der Waals surface area contributed by atoms with E-state index in [1.165, 1.54) is 31.2 Å². The Kier molecular flexibility index (Phi) is 6.91. The smallest absolute Gasteiger partial charge is 0.0441 e. The number of hydrogen-bond acceptors (Lipinski definition) is 0. The van der Waals surface area contributed by atoms with Gasteiger partial charge < -0.3 is 0 Å². The van der Waals surface area contributed by atoms with Gasteiger partial charge in [0.05, 0.1) is 0 Å². The van der Waals surface area contributed by atoms with Gasteiger partial charge in [-0.2, -0.15) is 0 Å². The lowest BCUT2D eigenvalue weighted by Gasteiger charge is -2.15. The van der Waals surface area contributed by atoms with Crippen LogP contribution in [0.2, 0.25) is 5.02 Å². The topological polar surface area (TPSA) is 0 Å². The summed E-state index contributed by atoms with van der Waals surface area (Å²) in [5, 5.41) is 0.851. The first-order valence-corrected chi connectivity index (χ1v) is 7.01. The molecule has 0 bridgehead atoms. The second-order valence-corrected chi connectivity index (χ2v) is 4.94. The third kappa shape index (κ3) is 4.35. The SMILES string of the molecule is CCCCCCC(CCl)c1ccccc1Cl. The van der Waals surface area contributed by atoms with Crippen molar-refractivity contribution in [2.24, 2.45) is 0 Å². The van der Waals surface area contributed by atoms with Crippen LogP contribution in [0.3, 0.4) is 0 Å². The zero-order valence-corrected chi connectivity index (χ0v) is 11.4. The zero-order chi connectivity index (χ0) is 11.8. The van der Waals surface area contributed by atoms with Gasteiger partial charge in [0.15, 0.2) is 0 Å². The molecule has 0 amide bonds. The molecule has 16 heavy (non-hydrogen) atoms. The predicted molar refractivity (Wildman–Crippen MR) is 73.7 cm³/mol. The summed E-state index contributed by atoms with van der Waals surface area (Å²) in [7, 11) is 0. The molecule has 90 valence electrons. The first-order valence-electron chi connectivity index (χ1n) is 6.10. The van der Waals surface area contributed by atoms with Crippen molar-refractivity contribution in [3.8, 4) is 0 Å². The fraction of sp³-hybridized carbons (Fsp3) is 0.571. The van der Waals surface area contributed by atoms with E-state index < -0.39 is 0 Å². The van der Waals surface area contributed by atoms with Gasteiger partial charge in [0, 0.05) is 10.9 Å². The average molecular weight is 259 g/mol. The van der Waals surface area contributed by atoms with E-state index in [1.54, 1.807) is 0 Å². The van der Waals surface area contributed by atoms with Crippen LogP contribution < -0.4 is 0 Å². The molecule has 1 rings (SSSR count). The highest BCUT2D eigenvalue weighted by molar-refractivity contribution is 6.31. The van der Waals surface area contributed by atoms with Crippen LogP contribution in [0.5, 0.6) is 0 Å². The van der Waals surface area contributed by atoms with Crippen LogP contribution in [0.15, 0.2) is 24.3 Å². The maximum Gasteiger partial charge on any atom is 0.0441 e. The predicted octanol–water partition coefficient (Wildman–Crippen LogP) is 5.63. The van der Waals surface area contributed by atoms with Crippen LogP contribution in [0.25, 0.3) is 0 Å². The van der Waals surface area contributed by atoms with E-state index in [0.29, 0.717) is 11.8 Å². The lowest BCUT2D eigenvalue weighted by atomic mass is 9.94. The van der Waals surface area contributed by atoms with Crippen LogP contribution in [-0.4, -0.2) is 5.88 Å². The molecule has 1 unspecified atom stereocenters.